The monoisotopic (exact) mass is 482 g/mol. The van der Waals surface area contributed by atoms with Gasteiger partial charge in [-0.05, 0) is 54.8 Å². The van der Waals surface area contributed by atoms with E-state index in [2.05, 4.69) is 5.32 Å². The molecule has 4 nitrogen and oxygen atoms in total. The van der Waals surface area contributed by atoms with Crippen molar-refractivity contribution in [3.63, 3.8) is 0 Å². The Balaban J connectivity index is 1.95. The summed E-state index contributed by atoms with van der Waals surface area (Å²) in [5.41, 5.74) is 2.73. The molecule has 0 aliphatic heterocycles. The highest BCUT2D eigenvalue weighted by Crippen LogP contribution is 2.19. The number of benzene rings is 3. The van der Waals surface area contributed by atoms with Crippen LogP contribution in [0.4, 0.5) is 0 Å². The summed E-state index contributed by atoms with van der Waals surface area (Å²) in [7, 11) is 0. The molecule has 0 bridgehead atoms. The van der Waals surface area contributed by atoms with Crippen LogP contribution in [-0.4, -0.2) is 28.8 Å². The van der Waals surface area contributed by atoms with Crippen molar-refractivity contribution in [3.8, 4) is 0 Å². The highest BCUT2D eigenvalue weighted by atomic mass is 35.5. The first-order valence-electron chi connectivity index (χ1n) is 10.9. The number of rotatable bonds is 9. The lowest BCUT2D eigenvalue weighted by Gasteiger charge is -2.32. The van der Waals surface area contributed by atoms with Gasteiger partial charge in [0.25, 0.3) is 0 Å². The SMILES string of the molecule is CC(C)NC(=O)[C@@H](Cc1ccccc1)N(Cc1ccc(Cl)cc1)C(=O)Cc1ccc(Cl)cc1. The van der Waals surface area contributed by atoms with Crippen LogP contribution in [0, 0.1) is 0 Å². The molecule has 3 aromatic rings. The first kappa shape index (κ1) is 24.8. The number of carbonyl (C=O) groups is 2. The molecule has 6 heteroatoms. The lowest BCUT2D eigenvalue weighted by molar-refractivity contribution is -0.141. The number of amides is 2. The van der Waals surface area contributed by atoms with Gasteiger partial charge in [-0.2, -0.15) is 0 Å². The number of nitrogens with zero attached hydrogens (tertiary/aromatic N) is 1. The summed E-state index contributed by atoms with van der Waals surface area (Å²) in [6, 6.07) is 23.6. The maximum absolute atomic E-state index is 13.6. The third-order valence-electron chi connectivity index (χ3n) is 5.24. The second-order valence-electron chi connectivity index (χ2n) is 8.32. The molecule has 0 spiro atoms. The average molecular weight is 483 g/mol. The normalized spacial score (nSPS) is 11.8. The van der Waals surface area contributed by atoms with Crippen LogP contribution in [-0.2, 0) is 29.0 Å². The van der Waals surface area contributed by atoms with E-state index in [9.17, 15) is 9.59 Å². The van der Waals surface area contributed by atoms with Gasteiger partial charge in [0.05, 0.1) is 6.42 Å². The molecule has 0 heterocycles. The zero-order valence-electron chi connectivity index (χ0n) is 18.8. The Morgan fingerprint density at radius 1 is 0.788 bits per heavy atom. The number of halogens is 2. The number of hydrogen-bond acceptors (Lipinski definition) is 2. The van der Waals surface area contributed by atoms with Crippen molar-refractivity contribution in [2.45, 2.75) is 45.3 Å². The van der Waals surface area contributed by atoms with E-state index in [0.29, 0.717) is 23.0 Å². The summed E-state index contributed by atoms with van der Waals surface area (Å²) in [5, 5.41) is 4.23. The Kier molecular flexibility index (Phi) is 8.93. The van der Waals surface area contributed by atoms with Gasteiger partial charge >= 0.3 is 0 Å². The van der Waals surface area contributed by atoms with Crippen LogP contribution in [0.15, 0.2) is 78.9 Å². The Hall–Kier alpha value is -2.82. The van der Waals surface area contributed by atoms with Crippen LogP contribution in [0.25, 0.3) is 0 Å². The summed E-state index contributed by atoms with van der Waals surface area (Å²) in [6.07, 6.45) is 0.588. The van der Waals surface area contributed by atoms with Gasteiger partial charge in [-0.3, -0.25) is 9.59 Å². The third-order valence-corrected chi connectivity index (χ3v) is 5.74. The second-order valence-corrected chi connectivity index (χ2v) is 9.19. The van der Waals surface area contributed by atoms with E-state index in [1.54, 1.807) is 29.2 Å². The molecule has 0 aliphatic rings. The van der Waals surface area contributed by atoms with Crippen LogP contribution >= 0.6 is 23.2 Å². The molecule has 3 aromatic carbocycles. The van der Waals surface area contributed by atoms with Gasteiger partial charge < -0.3 is 10.2 Å². The van der Waals surface area contributed by atoms with Gasteiger partial charge in [0.1, 0.15) is 6.04 Å². The molecule has 1 N–H and O–H groups in total. The first-order chi connectivity index (χ1) is 15.8. The summed E-state index contributed by atoms with van der Waals surface area (Å²) in [4.78, 5) is 28.5. The van der Waals surface area contributed by atoms with Gasteiger partial charge in [0.2, 0.25) is 11.8 Å². The van der Waals surface area contributed by atoms with Gasteiger partial charge in [-0.25, -0.2) is 0 Å². The summed E-state index contributed by atoms with van der Waals surface area (Å²) < 4.78 is 0. The molecule has 172 valence electrons. The van der Waals surface area contributed by atoms with Crippen molar-refractivity contribution >= 4 is 35.0 Å². The van der Waals surface area contributed by atoms with E-state index in [1.807, 2.05) is 68.4 Å². The first-order valence-corrected chi connectivity index (χ1v) is 11.7. The fourth-order valence-electron chi connectivity index (χ4n) is 3.60. The molecule has 0 fully saturated rings. The lowest BCUT2D eigenvalue weighted by atomic mass is 10.0. The summed E-state index contributed by atoms with van der Waals surface area (Å²) in [5.74, 6) is -0.306. The molecule has 0 radical (unpaired) electrons. The fraction of sp³-hybridized carbons (Fsp3) is 0.259. The topological polar surface area (TPSA) is 49.4 Å². The number of nitrogens with one attached hydrogen (secondary N) is 1. The van der Waals surface area contributed by atoms with E-state index in [-0.39, 0.29) is 24.3 Å². The third kappa shape index (κ3) is 7.62. The van der Waals surface area contributed by atoms with Crippen LogP contribution < -0.4 is 5.32 Å². The van der Waals surface area contributed by atoms with E-state index in [1.165, 1.54) is 0 Å². The zero-order chi connectivity index (χ0) is 23.8. The summed E-state index contributed by atoms with van der Waals surface area (Å²) >= 11 is 12.1. The predicted molar refractivity (Wildman–Crippen MR) is 134 cm³/mol. The Labute approximate surface area is 205 Å². The van der Waals surface area contributed by atoms with Crippen molar-refractivity contribution in [1.29, 1.82) is 0 Å². The Morgan fingerprint density at radius 3 is 1.88 bits per heavy atom. The van der Waals surface area contributed by atoms with Crippen molar-refractivity contribution in [2.24, 2.45) is 0 Å². The quantitative estimate of drug-likeness (QED) is 0.425. The van der Waals surface area contributed by atoms with E-state index < -0.39 is 6.04 Å². The van der Waals surface area contributed by atoms with Crippen molar-refractivity contribution in [3.05, 3.63) is 106 Å². The molecule has 0 aliphatic carbocycles. The molecule has 33 heavy (non-hydrogen) atoms. The largest absolute Gasteiger partial charge is 0.352 e. The zero-order valence-corrected chi connectivity index (χ0v) is 20.3. The van der Waals surface area contributed by atoms with Gasteiger partial charge in [0, 0.05) is 29.1 Å². The molecular formula is C27H28Cl2N2O2. The molecule has 1 atom stereocenters. The standard InChI is InChI=1S/C27H28Cl2N2O2/c1-19(2)30-27(33)25(16-20-6-4-3-5-7-20)31(18-22-10-14-24(29)15-11-22)26(32)17-21-8-12-23(28)13-9-21/h3-15,19,25H,16-18H2,1-2H3,(H,30,33)/t25-/m1/s1. The molecule has 0 saturated carbocycles. The van der Waals surface area contributed by atoms with Crippen molar-refractivity contribution < 1.29 is 9.59 Å². The molecule has 3 rings (SSSR count). The molecule has 0 unspecified atom stereocenters. The Bertz CT molecular complexity index is 1050. The molecule has 0 aromatic heterocycles. The highest BCUT2D eigenvalue weighted by Gasteiger charge is 2.30. The number of carbonyl (C=O) groups excluding carboxylic acids is 2. The van der Waals surface area contributed by atoms with Gasteiger partial charge in [-0.1, -0.05) is 77.8 Å². The Morgan fingerprint density at radius 2 is 1.33 bits per heavy atom. The minimum Gasteiger partial charge on any atom is -0.352 e. The highest BCUT2D eigenvalue weighted by molar-refractivity contribution is 6.30. The predicted octanol–water partition coefficient (Wildman–Crippen LogP) is 5.70. The van der Waals surface area contributed by atoms with Crippen LogP contribution in [0.3, 0.4) is 0 Å². The van der Waals surface area contributed by atoms with Crippen LogP contribution in [0.2, 0.25) is 10.0 Å². The number of hydrogen-bond donors (Lipinski definition) is 1. The minimum absolute atomic E-state index is 0.0421. The van der Waals surface area contributed by atoms with Crippen molar-refractivity contribution in [2.75, 3.05) is 0 Å². The molecule has 0 saturated heterocycles. The lowest BCUT2D eigenvalue weighted by Crippen LogP contribution is -2.52. The smallest absolute Gasteiger partial charge is 0.243 e. The maximum atomic E-state index is 13.6. The van der Waals surface area contributed by atoms with Crippen LogP contribution in [0.5, 0.6) is 0 Å². The molecule has 2 amide bonds. The summed E-state index contributed by atoms with van der Waals surface area (Å²) in [6.45, 7) is 4.12. The fourth-order valence-corrected chi connectivity index (χ4v) is 3.85. The van der Waals surface area contributed by atoms with Crippen molar-refractivity contribution in [1.82, 2.24) is 10.2 Å². The maximum Gasteiger partial charge on any atom is 0.243 e. The van der Waals surface area contributed by atoms with Crippen LogP contribution in [0.1, 0.15) is 30.5 Å². The van der Waals surface area contributed by atoms with Gasteiger partial charge in [-0.15, -0.1) is 0 Å². The van der Waals surface area contributed by atoms with E-state index >= 15 is 0 Å². The minimum atomic E-state index is -0.662. The molecular weight excluding hydrogens is 455 g/mol. The second kappa shape index (κ2) is 11.9. The van der Waals surface area contributed by atoms with E-state index in [4.69, 9.17) is 23.2 Å². The van der Waals surface area contributed by atoms with Gasteiger partial charge in [0.15, 0.2) is 0 Å². The van der Waals surface area contributed by atoms with E-state index in [0.717, 1.165) is 16.7 Å². The average Bonchev–Trinajstić information content (AvgIpc) is 2.79.